The second kappa shape index (κ2) is 14.6. The summed E-state index contributed by atoms with van der Waals surface area (Å²) < 4.78 is 76.1. The van der Waals surface area contributed by atoms with Crippen molar-refractivity contribution in [2.75, 3.05) is 26.2 Å². The molecule has 2 aliphatic rings. The van der Waals surface area contributed by atoms with E-state index in [1.807, 2.05) is 0 Å². The molecule has 2 fully saturated rings. The van der Waals surface area contributed by atoms with Crippen LogP contribution in [0.15, 0.2) is 66.7 Å². The number of carboxylic acid groups (broad SMARTS) is 1. The van der Waals surface area contributed by atoms with Crippen LogP contribution in [0.25, 0.3) is 0 Å². The Balaban J connectivity index is 0.00000253. The number of fused-ring (bicyclic) bond motifs is 1. The molecule has 1 heterocycles. The van der Waals surface area contributed by atoms with Crippen molar-refractivity contribution in [2.24, 2.45) is 11.8 Å². The second-order valence-electron chi connectivity index (χ2n) is 10.4. The van der Waals surface area contributed by atoms with Gasteiger partial charge in [0, 0.05) is 56.8 Å². The number of alkyl halides is 3. The first-order valence-corrected chi connectivity index (χ1v) is 13.2. The summed E-state index contributed by atoms with van der Waals surface area (Å²) in [5, 5.41) is 13.0. The number of hydrogen-bond donors (Lipinski definition) is 2. The first kappa shape index (κ1) is 34.4. The van der Waals surface area contributed by atoms with Crippen molar-refractivity contribution in [1.82, 2.24) is 10.2 Å². The third-order valence-corrected chi connectivity index (χ3v) is 7.44. The highest BCUT2D eigenvalue weighted by atomic mass is 35.5. The Morgan fingerprint density at radius 1 is 0.907 bits per heavy atom. The van der Waals surface area contributed by atoms with Crippen molar-refractivity contribution in [3.05, 3.63) is 95.1 Å². The number of nitrogens with zero attached hydrogens (tertiary/aromatic N) is 1. The van der Waals surface area contributed by atoms with E-state index in [1.54, 1.807) is 36.4 Å². The molecule has 0 bridgehead atoms. The van der Waals surface area contributed by atoms with Crippen molar-refractivity contribution in [2.45, 2.75) is 31.3 Å². The van der Waals surface area contributed by atoms with Crippen LogP contribution in [0.2, 0.25) is 0 Å². The maximum Gasteiger partial charge on any atom is 0.416 e. The quantitative estimate of drug-likeness (QED) is 0.185. The Morgan fingerprint density at radius 2 is 1.49 bits per heavy atom. The van der Waals surface area contributed by atoms with Gasteiger partial charge in [-0.15, -0.1) is 24.8 Å². The molecule has 0 amide bonds. The van der Waals surface area contributed by atoms with E-state index in [2.05, 4.69) is 10.2 Å². The van der Waals surface area contributed by atoms with E-state index in [-0.39, 0.29) is 37.0 Å². The van der Waals surface area contributed by atoms with Gasteiger partial charge in [-0.05, 0) is 47.2 Å². The summed E-state index contributed by atoms with van der Waals surface area (Å²) >= 11 is 0. The minimum atomic E-state index is -4.32. The summed E-state index contributed by atoms with van der Waals surface area (Å²) in [6.07, 6.45) is -5.65. The summed E-state index contributed by atoms with van der Waals surface area (Å²) in [4.78, 5) is 13.9. The van der Waals surface area contributed by atoms with Crippen LogP contribution in [0.4, 0.5) is 22.0 Å². The van der Waals surface area contributed by atoms with Gasteiger partial charge in [0.05, 0.1) is 5.56 Å². The number of nitrogens with one attached hydrogen (secondary N) is 1. The lowest BCUT2D eigenvalue weighted by molar-refractivity contribution is -0.145. The van der Waals surface area contributed by atoms with Crippen LogP contribution in [-0.4, -0.2) is 54.4 Å². The molecule has 13 heteroatoms. The van der Waals surface area contributed by atoms with Gasteiger partial charge in [-0.2, -0.15) is 13.2 Å². The van der Waals surface area contributed by atoms with Gasteiger partial charge >= 0.3 is 12.1 Å². The molecule has 0 spiro atoms. The predicted molar refractivity (Wildman–Crippen MR) is 154 cm³/mol. The molecule has 2 unspecified atom stereocenters. The van der Waals surface area contributed by atoms with Gasteiger partial charge in [0.2, 0.25) is 0 Å². The minimum Gasteiger partial charge on any atom is -0.492 e. The number of ether oxygens (including phenoxy) is 2. The largest absolute Gasteiger partial charge is 0.492 e. The fraction of sp³-hybridized carbons (Fsp3) is 0.367. The van der Waals surface area contributed by atoms with E-state index in [0.29, 0.717) is 55.0 Å². The third-order valence-electron chi connectivity index (χ3n) is 7.44. The van der Waals surface area contributed by atoms with Gasteiger partial charge < -0.3 is 19.9 Å². The van der Waals surface area contributed by atoms with Crippen LogP contribution in [0.3, 0.4) is 0 Å². The van der Waals surface area contributed by atoms with E-state index in [0.717, 1.165) is 42.9 Å². The van der Waals surface area contributed by atoms with E-state index in [1.165, 1.54) is 0 Å². The molecule has 1 saturated heterocycles. The molecular weight excluding hydrogens is 618 g/mol. The van der Waals surface area contributed by atoms with Gasteiger partial charge in [0.1, 0.15) is 29.7 Å². The van der Waals surface area contributed by atoms with Crippen LogP contribution >= 0.6 is 24.8 Å². The fourth-order valence-corrected chi connectivity index (χ4v) is 5.37. The third kappa shape index (κ3) is 9.18. The summed E-state index contributed by atoms with van der Waals surface area (Å²) in [6.45, 7) is 3.54. The molecule has 234 valence electrons. The highest BCUT2D eigenvalue weighted by molar-refractivity contribution is 5.85. The topological polar surface area (TPSA) is 71.0 Å². The second-order valence-corrected chi connectivity index (χ2v) is 10.4. The van der Waals surface area contributed by atoms with Crippen LogP contribution in [0.1, 0.15) is 16.7 Å². The Morgan fingerprint density at radius 3 is 2.05 bits per heavy atom. The molecule has 0 aromatic heterocycles. The van der Waals surface area contributed by atoms with Gasteiger partial charge in [0.25, 0.3) is 0 Å². The number of likely N-dealkylation sites (tertiary alicyclic amines) is 1. The first-order chi connectivity index (χ1) is 19.5. The number of piperidine rings is 1. The van der Waals surface area contributed by atoms with Crippen LogP contribution in [0.5, 0.6) is 11.5 Å². The number of hydrogen-bond acceptors (Lipinski definition) is 5. The molecule has 6 nitrogen and oxygen atoms in total. The monoisotopic (exact) mass is 648 g/mol. The predicted octanol–water partition coefficient (Wildman–Crippen LogP) is 6.00. The van der Waals surface area contributed by atoms with E-state index >= 15 is 0 Å². The number of rotatable bonds is 12. The SMILES string of the molecule is Cl.Cl.O=C(O)[C@H](Cc1ccc(OCCNC2C3CN(Cc4ccc(C(F)(F)F)cc4)C[C@@H]32)cc1)Oc1cc(F)cc(F)c1. The molecule has 1 saturated carbocycles. The zero-order chi connectivity index (χ0) is 29.1. The highest BCUT2D eigenvalue weighted by Crippen LogP contribution is 2.45. The number of aliphatic carboxylic acids is 1. The van der Waals surface area contributed by atoms with Gasteiger partial charge in [-0.1, -0.05) is 24.3 Å². The average Bonchev–Trinajstić information content (AvgIpc) is 3.35. The zero-order valence-corrected chi connectivity index (χ0v) is 24.4. The molecule has 5 rings (SSSR count). The highest BCUT2D eigenvalue weighted by Gasteiger charge is 2.55. The molecule has 0 radical (unpaired) electrons. The molecule has 3 aromatic rings. The number of halogens is 7. The molecule has 2 N–H and O–H groups in total. The lowest BCUT2D eigenvalue weighted by Gasteiger charge is -2.20. The maximum atomic E-state index is 13.4. The van der Waals surface area contributed by atoms with E-state index in [9.17, 15) is 31.9 Å². The van der Waals surface area contributed by atoms with Crippen LogP contribution in [-0.2, 0) is 23.9 Å². The van der Waals surface area contributed by atoms with Crippen molar-refractivity contribution >= 4 is 30.8 Å². The summed E-state index contributed by atoms with van der Waals surface area (Å²) in [6, 6.07) is 15.2. The van der Waals surface area contributed by atoms with Crippen molar-refractivity contribution in [3.8, 4) is 11.5 Å². The first-order valence-electron chi connectivity index (χ1n) is 13.2. The van der Waals surface area contributed by atoms with E-state index in [4.69, 9.17) is 9.47 Å². The molecule has 4 atom stereocenters. The minimum absolute atomic E-state index is 0. The normalized spacial score (nSPS) is 19.9. The molecule has 1 aliphatic carbocycles. The number of benzene rings is 3. The lowest BCUT2D eigenvalue weighted by Crippen LogP contribution is -2.33. The van der Waals surface area contributed by atoms with Crippen molar-refractivity contribution < 1.29 is 41.3 Å². The van der Waals surface area contributed by atoms with Crippen molar-refractivity contribution in [3.63, 3.8) is 0 Å². The average molecular weight is 649 g/mol. The Hall–Kier alpha value is -3.12. The zero-order valence-electron chi connectivity index (χ0n) is 22.7. The lowest BCUT2D eigenvalue weighted by atomic mass is 10.1. The molecule has 3 aromatic carbocycles. The van der Waals surface area contributed by atoms with Gasteiger partial charge in [-0.3, -0.25) is 4.90 Å². The van der Waals surface area contributed by atoms with Crippen LogP contribution < -0.4 is 14.8 Å². The van der Waals surface area contributed by atoms with Gasteiger partial charge in [0.15, 0.2) is 6.10 Å². The Labute approximate surface area is 258 Å². The number of carboxylic acids is 1. The Bertz CT molecular complexity index is 1330. The van der Waals surface area contributed by atoms with Crippen LogP contribution in [0, 0.1) is 23.5 Å². The molecule has 1 aliphatic heterocycles. The molecule has 43 heavy (non-hydrogen) atoms. The summed E-state index contributed by atoms with van der Waals surface area (Å²) in [5.74, 6) is -1.50. The molecular formula is C30H31Cl2F5N2O4. The standard InChI is InChI=1S/C30H29F5N2O4.2ClH/c31-21-12-22(32)14-24(13-21)41-27(29(38)39)11-18-3-7-23(8-4-18)40-10-9-36-28-25-16-37(17-26(25)28)15-19-1-5-20(6-2-19)30(33,34)35;;/h1-8,12-14,25-28,36H,9-11,15-17H2,(H,38,39);2*1H/t25-,26?,27-,28?;;/m0../s1. The van der Waals surface area contributed by atoms with E-state index < -0.39 is 35.4 Å². The van der Waals surface area contributed by atoms with Gasteiger partial charge in [-0.25, -0.2) is 13.6 Å². The summed E-state index contributed by atoms with van der Waals surface area (Å²) in [7, 11) is 0. The maximum absolute atomic E-state index is 13.4. The summed E-state index contributed by atoms with van der Waals surface area (Å²) in [5.41, 5.74) is 0.897. The Kier molecular flexibility index (Phi) is 11.6. The fourth-order valence-electron chi connectivity index (χ4n) is 5.37. The smallest absolute Gasteiger partial charge is 0.416 e. The number of carbonyl (C=O) groups is 1. The van der Waals surface area contributed by atoms with Crippen molar-refractivity contribution in [1.29, 1.82) is 0 Å².